The number of piperazine rings is 1. The van der Waals surface area contributed by atoms with E-state index >= 15 is 0 Å². The van der Waals surface area contributed by atoms with Gasteiger partial charge in [-0.25, -0.2) is 0 Å². The quantitative estimate of drug-likeness (QED) is 0.318. The number of aromatic amines is 1. The van der Waals surface area contributed by atoms with Crippen molar-refractivity contribution < 1.29 is 22.7 Å². The zero-order valence-corrected chi connectivity index (χ0v) is 20.4. The Morgan fingerprint density at radius 2 is 1.94 bits per heavy atom. The van der Waals surface area contributed by atoms with Gasteiger partial charge in [-0.05, 0) is 36.2 Å². The summed E-state index contributed by atoms with van der Waals surface area (Å²) in [6.07, 6.45) is -0.404. The molecule has 1 saturated heterocycles. The van der Waals surface area contributed by atoms with Crippen molar-refractivity contribution in [2.75, 3.05) is 39.3 Å². The van der Waals surface area contributed by atoms with Crippen LogP contribution in [0.1, 0.15) is 25.3 Å². The number of hydrogen-bond donors (Lipinski definition) is 4. The molecule has 0 aliphatic carbocycles. The summed E-state index contributed by atoms with van der Waals surface area (Å²) in [7, 11) is 0. The summed E-state index contributed by atoms with van der Waals surface area (Å²) in [4.78, 5) is 19.5. The summed E-state index contributed by atoms with van der Waals surface area (Å²) >= 11 is 0.790. The number of benzene rings is 1. The highest BCUT2D eigenvalue weighted by molar-refractivity contribution is 8.27. The third kappa shape index (κ3) is 8.25. The number of amides is 1. The number of halogens is 3. The van der Waals surface area contributed by atoms with Gasteiger partial charge in [-0.3, -0.25) is 25.2 Å². The maximum absolute atomic E-state index is 12.7. The first-order chi connectivity index (χ1) is 16.7. The molecule has 4 N–H and O–H groups in total. The standard InChI is InChI=1S/C23H31F3N6O2S/c1-2-5-17(14-16-15-29-19-7-4-3-6-18(16)19)30-21(33)20(27)35-22(28)32-10-8-31(9-11-32)12-13-34-23(24,25)26/h3-4,6-7,15,17,27-29H,2,5,8-14H2,1H3,(H,30,33). The Morgan fingerprint density at radius 1 is 1.23 bits per heavy atom. The zero-order valence-electron chi connectivity index (χ0n) is 19.6. The number of fused-ring (bicyclic) bond motifs is 1. The van der Waals surface area contributed by atoms with Gasteiger partial charge in [-0.2, -0.15) is 0 Å². The molecule has 1 aliphatic heterocycles. The molecule has 8 nitrogen and oxygen atoms in total. The molecule has 0 radical (unpaired) electrons. The number of alkyl halides is 3. The molecule has 0 saturated carbocycles. The molecule has 2 aromatic rings. The van der Waals surface area contributed by atoms with Crippen LogP contribution in [-0.2, 0) is 16.0 Å². The van der Waals surface area contributed by atoms with Crippen molar-refractivity contribution in [3.05, 3.63) is 36.0 Å². The lowest BCUT2D eigenvalue weighted by molar-refractivity contribution is -0.325. The summed E-state index contributed by atoms with van der Waals surface area (Å²) in [5, 5.41) is 20.3. The average molecular weight is 513 g/mol. The molecule has 1 amide bonds. The number of ether oxygens (including phenoxy) is 1. The highest BCUT2D eigenvalue weighted by Gasteiger charge is 2.29. The van der Waals surface area contributed by atoms with E-state index in [1.807, 2.05) is 42.3 Å². The van der Waals surface area contributed by atoms with Crippen LogP contribution >= 0.6 is 11.8 Å². The molecule has 1 aromatic carbocycles. The molecule has 12 heteroatoms. The fourth-order valence-electron chi connectivity index (χ4n) is 4.06. The summed E-state index contributed by atoms with van der Waals surface area (Å²) in [5.41, 5.74) is 2.14. The van der Waals surface area contributed by atoms with Crippen molar-refractivity contribution in [2.24, 2.45) is 0 Å². The van der Waals surface area contributed by atoms with Crippen LogP contribution in [0.2, 0.25) is 0 Å². The Hall–Kier alpha value is -2.57. The number of H-pyrrole nitrogens is 1. The zero-order chi connectivity index (χ0) is 25.4. The van der Waals surface area contributed by atoms with E-state index in [2.05, 4.69) is 15.0 Å². The highest BCUT2D eigenvalue weighted by atomic mass is 32.2. The van der Waals surface area contributed by atoms with E-state index < -0.39 is 18.9 Å². The van der Waals surface area contributed by atoms with Crippen LogP contribution in [0.15, 0.2) is 30.5 Å². The molecule has 192 valence electrons. The van der Waals surface area contributed by atoms with Crippen molar-refractivity contribution in [2.45, 2.75) is 38.6 Å². The van der Waals surface area contributed by atoms with E-state index in [1.165, 1.54) is 0 Å². The molecule has 0 spiro atoms. The van der Waals surface area contributed by atoms with E-state index in [1.54, 1.807) is 4.90 Å². The number of carbonyl (C=O) groups is 1. The Balaban J connectivity index is 1.45. The van der Waals surface area contributed by atoms with Crippen LogP contribution in [0.25, 0.3) is 10.9 Å². The molecule has 1 fully saturated rings. The minimum absolute atomic E-state index is 0.0833. The number of thioether (sulfide) groups is 1. The first-order valence-corrected chi connectivity index (χ1v) is 12.4. The van der Waals surface area contributed by atoms with Crippen LogP contribution in [0.3, 0.4) is 0 Å². The van der Waals surface area contributed by atoms with Crippen molar-refractivity contribution in [1.82, 2.24) is 20.1 Å². The molecular weight excluding hydrogens is 481 g/mol. The van der Waals surface area contributed by atoms with E-state index in [-0.39, 0.29) is 22.8 Å². The van der Waals surface area contributed by atoms with Gasteiger partial charge in [-0.15, -0.1) is 13.2 Å². The Morgan fingerprint density at radius 3 is 2.63 bits per heavy atom. The summed E-state index contributed by atoms with van der Waals surface area (Å²) in [6.45, 7) is 3.59. The number of nitrogens with one attached hydrogen (secondary N) is 4. The van der Waals surface area contributed by atoms with E-state index in [0.717, 1.165) is 41.1 Å². The third-order valence-corrected chi connectivity index (χ3v) is 6.69. The van der Waals surface area contributed by atoms with E-state index in [4.69, 9.17) is 10.8 Å². The summed E-state index contributed by atoms with van der Waals surface area (Å²) in [5.74, 6) is -0.513. The molecule has 1 unspecified atom stereocenters. The van der Waals surface area contributed by atoms with Crippen LogP contribution in [-0.4, -0.2) is 82.6 Å². The predicted octanol–water partition coefficient (Wildman–Crippen LogP) is 3.79. The number of hydrogen-bond acceptors (Lipinski definition) is 6. The van der Waals surface area contributed by atoms with E-state index in [9.17, 15) is 18.0 Å². The number of para-hydroxylation sites is 1. The fourth-order valence-corrected chi connectivity index (χ4v) is 4.72. The lowest BCUT2D eigenvalue weighted by atomic mass is 10.0. The van der Waals surface area contributed by atoms with Gasteiger partial charge < -0.3 is 15.2 Å². The maximum Gasteiger partial charge on any atom is 0.522 e. The second-order valence-corrected chi connectivity index (χ2v) is 9.38. The lowest BCUT2D eigenvalue weighted by Crippen LogP contribution is -2.49. The van der Waals surface area contributed by atoms with Crippen LogP contribution in [0.4, 0.5) is 13.2 Å². The molecular formula is C23H31F3N6O2S. The van der Waals surface area contributed by atoms with Gasteiger partial charge in [-0.1, -0.05) is 31.5 Å². The van der Waals surface area contributed by atoms with Gasteiger partial charge in [0.1, 0.15) is 0 Å². The number of carbonyl (C=O) groups excluding carboxylic acids is 1. The monoisotopic (exact) mass is 512 g/mol. The molecule has 0 bridgehead atoms. The first kappa shape index (κ1) is 27.0. The van der Waals surface area contributed by atoms with Crippen LogP contribution < -0.4 is 5.32 Å². The van der Waals surface area contributed by atoms with Crippen molar-refractivity contribution in [3.63, 3.8) is 0 Å². The SMILES string of the molecule is CCCC(Cc1c[nH]c2ccccc12)NC(=O)C(=N)SC(=N)N1CCN(CCOC(F)(F)F)CC1. The molecule has 1 aliphatic rings. The second kappa shape index (κ2) is 12.4. The number of aromatic nitrogens is 1. The topological polar surface area (TPSA) is 108 Å². The van der Waals surface area contributed by atoms with Crippen LogP contribution in [0.5, 0.6) is 0 Å². The normalized spacial score (nSPS) is 15.8. The maximum atomic E-state index is 12.7. The van der Waals surface area contributed by atoms with Gasteiger partial charge >= 0.3 is 6.36 Å². The van der Waals surface area contributed by atoms with Crippen molar-refractivity contribution in [1.29, 1.82) is 10.8 Å². The Labute approximate surface area is 206 Å². The largest absolute Gasteiger partial charge is 0.522 e. The Bertz CT molecular complexity index is 1020. The summed E-state index contributed by atoms with van der Waals surface area (Å²) in [6, 6.07) is 7.84. The average Bonchev–Trinajstić information content (AvgIpc) is 3.21. The first-order valence-electron chi connectivity index (χ1n) is 11.5. The van der Waals surface area contributed by atoms with Gasteiger partial charge in [0.05, 0.1) is 6.61 Å². The van der Waals surface area contributed by atoms with Gasteiger partial charge in [0.15, 0.2) is 10.2 Å². The fraction of sp³-hybridized carbons (Fsp3) is 0.522. The molecule has 1 aromatic heterocycles. The number of amidine groups is 1. The van der Waals surface area contributed by atoms with E-state index in [0.29, 0.717) is 32.6 Å². The number of nitrogens with zero attached hydrogens (tertiary/aromatic N) is 2. The van der Waals surface area contributed by atoms with Crippen LogP contribution in [0, 0.1) is 10.8 Å². The second-order valence-electron chi connectivity index (χ2n) is 8.38. The lowest BCUT2D eigenvalue weighted by Gasteiger charge is -2.35. The summed E-state index contributed by atoms with van der Waals surface area (Å²) < 4.78 is 40.1. The molecule has 2 heterocycles. The highest BCUT2D eigenvalue weighted by Crippen LogP contribution is 2.21. The third-order valence-electron chi connectivity index (χ3n) is 5.85. The molecule has 1 atom stereocenters. The number of rotatable bonds is 8. The molecule has 35 heavy (non-hydrogen) atoms. The molecule has 3 rings (SSSR count). The van der Waals surface area contributed by atoms with Crippen molar-refractivity contribution >= 4 is 38.8 Å². The van der Waals surface area contributed by atoms with Gasteiger partial charge in [0.25, 0.3) is 5.91 Å². The predicted molar refractivity (Wildman–Crippen MR) is 132 cm³/mol. The van der Waals surface area contributed by atoms with Gasteiger partial charge in [0.2, 0.25) is 0 Å². The van der Waals surface area contributed by atoms with Gasteiger partial charge in [0, 0.05) is 55.9 Å². The smallest absolute Gasteiger partial charge is 0.361 e. The minimum atomic E-state index is -4.63. The Kier molecular flexibility index (Phi) is 9.58. The minimum Gasteiger partial charge on any atom is -0.361 e. The van der Waals surface area contributed by atoms with Crippen molar-refractivity contribution in [3.8, 4) is 0 Å².